The third-order valence-electron chi connectivity index (χ3n) is 3.29. The van der Waals surface area contributed by atoms with Gasteiger partial charge in [-0.25, -0.2) is 9.59 Å². The number of alkyl halides is 2. The van der Waals surface area contributed by atoms with E-state index >= 15 is 0 Å². The standard InChI is InChI=1S/C12H14F2O6/c1-12(13,14)11(17)18-5-9(15)19-7-3-2-6-4-8(7)20-10(6)16/h6-8H,2-5H2,1H3. The predicted octanol–water partition coefficient (Wildman–Crippen LogP) is 0.822. The van der Waals surface area contributed by atoms with Crippen molar-refractivity contribution in [2.24, 2.45) is 5.92 Å². The highest BCUT2D eigenvalue weighted by molar-refractivity contribution is 5.80. The van der Waals surface area contributed by atoms with Crippen molar-refractivity contribution in [2.45, 2.75) is 44.3 Å². The fraction of sp³-hybridized carbons (Fsp3) is 0.750. The molecule has 20 heavy (non-hydrogen) atoms. The third-order valence-corrected chi connectivity index (χ3v) is 3.29. The van der Waals surface area contributed by atoms with Crippen LogP contribution in [0, 0.1) is 5.92 Å². The molecular weight excluding hydrogens is 278 g/mol. The summed E-state index contributed by atoms with van der Waals surface area (Å²) >= 11 is 0. The third kappa shape index (κ3) is 3.23. The van der Waals surface area contributed by atoms with Gasteiger partial charge in [-0.05, 0) is 12.8 Å². The maximum atomic E-state index is 12.5. The van der Waals surface area contributed by atoms with Gasteiger partial charge in [-0.1, -0.05) is 0 Å². The summed E-state index contributed by atoms with van der Waals surface area (Å²) in [5, 5.41) is 0. The fourth-order valence-electron chi connectivity index (χ4n) is 2.27. The number of esters is 3. The number of hydrogen-bond acceptors (Lipinski definition) is 6. The molecule has 3 unspecified atom stereocenters. The molecule has 1 saturated heterocycles. The molecule has 2 aliphatic rings. The summed E-state index contributed by atoms with van der Waals surface area (Å²) < 4.78 is 39.2. The van der Waals surface area contributed by atoms with Gasteiger partial charge in [0.1, 0.15) is 12.2 Å². The number of carbonyl (C=O) groups is 3. The van der Waals surface area contributed by atoms with E-state index in [9.17, 15) is 23.2 Å². The van der Waals surface area contributed by atoms with Crippen LogP contribution in [0.15, 0.2) is 0 Å². The molecule has 1 aliphatic heterocycles. The number of ether oxygens (including phenoxy) is 3. The average molecular weight is 292 g/mol. The van der Waals surface area contributed by atoms with Crippen LogP contribution >= 0.6 is 0 Å². The van der Waals surface area contributed by atoms with Crippen LogP contribution in [0.4, 0.5) is 8.78 Å². The molecule has 0 aromatic rings. The first kappa shape index (κ1) is 14.7. The lowest BCUT2D eigenvalue weighted by Crippen LogP contribution is -2.36. The zero-order chi connectivity index (χ0) is 14.9. The van der Waals surface area contributed by atoms with E-state index in [1.165, 1.54) is 0 Å². The Hall–Kier alpha value is -1.73. The van der Waals surface area contributed by atoms with E-state index < -0.39 is 36.7 Å². The van der Waals surface area contributed by atoms with Gasteiger partial charge in [0, 0.05) is 13.3 Å². The summed E-state index contributed by atoms with van der Waals surface area (Å²) in [7, 11) is 0. The number of rotatable bonds is 4. The highest BCUT2D eigenvalue weighted by Crippen LogP contribution is 2.35. The molecule has 0 N–H and O–H groups in total. The highest BCUT2D eigenvalue weighted by atomic mass is 19.3. The van der Waals surface area contributed by atoms with Crippen LogP contribution in [0.5, 0.6) is 0 Å². The van der Waals surface area contributed by atoms with Gasteiger partial charge in [-0.2, -0.15) is 8.78 Å². The zero-order valence-corrected chi connectivity index (χ0v) is 10.8. The molecule has 8 heteroatoms. The van der Waals surface area contributed by atoms with Gasteiger partial charge < -0.3 is 14.2 Å². The van der Waals surface area contributed by atoms with Crippen molar-refractivity contribution < 1.29 is 37.4 Å². The van der Waals surface area contributed by atoms with Gasteiger partial charge >= 0.3 is 23.8 Å². The van der Waals surface area contributed by atoms with Crippen LogP contribution in [-0.4, -0.2) is 42.6 Å². The van der Waals surface area contributed by atoms with Gasteiger partial charge in [-0.15, -0.1) is 0 Å². The molecule has 0 aromatic heterocycles. The molecule has 6 nitrogen and oxygen atoms in total. The minimum absolute atomic E-state index is 0.147. The van der Waals surface area contributed by atoms with E-state index in [-0.39, 0.29) is 11.9 Å². The van der Waals surface area contributed by atoms with Gasteiger partial charge in [0.15, 0.2) is 6.61 Å². The minimum Gasteiger partial charge on any atom is -0.458 e. The lowest BCUT2D eigenvalue weighted by Gasteiger charge is -2.25. The van der Waals surface area contributed by atoms with E-state index in [2.05, 4.69) is 4.74 Å². The second kappa shape index (κ2) is 5.34. The summed E-state index contributed by atoms with van der Waals surface area (Å²) in [5.41, 5.74) is 0. The molecule has 3 atom stereocenters. The largest absolute Gasteiger partial charge is 0.458 e. The van der Waals surface area contributed by atoms with Crippen LogP contribution in [-0.2, 0) is 28.6 Å². The molecule has 2 fully saturated rings. The lowest BCUT2D eigenvalue weighted by atomic mass is 9.88. The Morgan fingerprint density at radius 3 is 2.75 bits per heavy atom. The summed E-state index contributed by atoms with van der Waals surface area (Å²) in [6, 6.07) is 0. The van der Waals surface area contributed by atoms with Crippen molar-refractivity contribution in [3.05, 3.63) is 0 Å². The van der Waals surface area contributed by atoms with E-state index in [4.69, 9.17) is 9.47 Å². The molecule has 0 aromatic carbocycles. The molecule has 112 valence electrons. The zero-order valence-electron chi connectivity index (χ0n) is 10.8. The normalized spacial score (nSPS) is 28.8. The summed E-state index contributed by atoms with van der Waals surface area (Å²) in [6.45, 7) is -0.511. The average Bonchev–Trinajstić information content (AvgIpc) is 2.65. The summed E-state index contributed by atoms with van der Waals surface area (Å²) in [5.74, 6) is -6.82. The molecule has 1 heterocycles. The molecule has 1 aliphatic carbocycles. The van der Waals surface area contributed by atoms with Gasteiger partial charge in [0.05, 0.1) is 5.92 Å². The molecule has 0 radical (unpaired) electrons. The van der Waals surface area contributed by atoms with Crippen molar-refractivity contribution in [3.63, 3.8) is 0 Å². The van der Waals surface area contributed by atoms with Crippen molar-refractivity contribution >= 4 is 17.9 Å². The Kier molecular flexibility index (Phi) is 3.92. The van der Waals surface area contributed by atoms with E-state index in [1.54, 1.807) is 0 Å². The fourth-order valence-corrected chi connectivity index (χ4v) is 2.27. The first-order valence-electron chi connectivity index (χ1n) is 6.22. The Morgan fingerprint density at radius 2 is 2.10 bits per heavy atom. The van der Waals surface area contributed by atoms with Gasteiger partial charge in [-0.3, -0.25) is 4.79 Å². The quantitative estimate of drug-likeness (QED) is 0.564. The monoisotopic (exact) mass is 292 g/mol. The summed E-state index contributed by atoms with van der Waals surface area (Å²) in [6.07, 6.45) is 0.411. The number of fused-ring (bicyclic) bond motifs is 2. The second-order valence-electron chi connectivity index (χ2n) is 4.98. The van der Waals surface area contributed by atoms with Crippen LogP contribution in [0.1, 0.15) is 26.2 Å². The lowest BCUT2D eigenvalue weighted by molar-refractivity contribution is -0.179. The van der Waals surface area contributed by atoms with E-state index in [0.717, 1.165) is 0 Å². The second-order valence-corrected chi connectivity index (χ2v) is 4.98. The van der Waals surface area contributed by atoms with Crippen molar-refractivity contribution in [3.8, 4) is 0 Å². The Labute approximate surface area is 113 Å². The van der Waals surface area contributed by atoms with Gasteiger partial charge in [0.2, 0.25) is 0 Å². The molecule has 2 bridgehead atoms. The first-order chi connectivity index (χ1) is 9.27. The smallest absolute Gasteiger partial charge is 0.377 e. The van der Waals surface area contributed by atoms with E-state index in [0.29, 0.717) is 26.2 Å². The molecule has 1 saturated carbocycles. The van der Waals surface area contributed by atoms with E-state index in [1.807, 2.05) is 0 Å². The maximum Gasteiger partial charge on any atom is 0.377 e. The molecule has 0 amide bonds. The molecular formula is C12H14F2O6. The van der Waals surface area contributed by atoms with Gasteiger partial charge in [0.25, 0.3) is 0 Å². The SMILES string of the molecule is CC(F)(F)C(=O)OCC(=O)OC1CCC2CC1OC2=O. The van der Waals surface area contributed by atoms with Crippen LogP contribution in [0.25, 0.3) is 0 Å². The van der Waals surface area contributed by atoms with Crippen molar-refractivity contribution in [1.82, 2.24) is 0 Å². The van der Waals surface area contributed by atoms with Crippen molar-refractivity contribution in [1.29, 1.82) is 0 Å². The minimum atomic E-state index is -3.65. The first-order valence-corrected chi connectivity index (χ1v) is 6.22. The topological polar surface area (TPSA) is 78.9 Å². The number of carbonyl (C=O) groups excluding carboxylic acids is 3. The Bertz CT molecular complexity index is 430. The Morgan fingerprint density at radius 1 is 1.40 bits per heavy atom. The number of hydrogen-bond donors (Lipinski definition) is 0. The van der Waals surface area contributed by atoms with Crippen molar-refractivity contribution in [2.75, 3.05) is 6.61 Å². The molecule has 0 spiro atoms. The molecule has 2 rings (SSSR count). The summed E-state index contributed by atoms with van der Waals surface area (Å²) in [4.78, 5) is 33.5. The van der Waals surface area contributed by atoms with Crippen LogP contribution in [0.2, 0.25) is 0 Å². The number of halogens is 2. The Balaban J connectivity index is 1.78. The highest BCUT2D eigenvalue weighted by Gasteiger charge is 2.45. The maximum absolute atomic E-state index is 12.5. The van der Waals surface area contributed by atoms with Crippen LogP contribution < -0.4 is 0 Å². The predicted molar refractivity (Wildman–Crippen MR) is 58.7 cm³/mol. The van der Waals surface area contributed by atoms with Crippen LogP contribution in [0.3, 0.4) is 0 Å².